The van der Waals surface area contributed by atoms with Crippen LogP contribution < -0.4 is 20.5 Å². The second-order valence-electron chi connectivity index (χ2n) is 20.0. The molecule has 10 unspecified atom stereocenters. The van der Waals surface area contributed by atoms with Gasteiger partial charge in [-0.05, 0) is 102 Å². The number of hydrogen-bond acceptors (Lipinski definition) is 9. The van der Waals surface area contributed by atoms with Gasteiger partial charge < -0.3 is 45.2 Å². The van der Waals surface area contributed by atoms with E-state index in [-0.39, 0.29) is 60.0 Å². The Labute approximate surface area is 368 Å². The lowest BCUT2D eigenvalue weighted by Crippen LogP contribution is -2.45. The first-order valence-electron chi connectivity index (χ1n) is 23.3. The summed E-state index contributed by atoms with van der Waals surface area (Å²) in [5.41, 5.74) is 13.3. The third kappa shape index (κ3) is 6.82. The third-order valence-electron chi connectivity index (χ3n) is 16.2. The minimum absolute atomic E-state index is 0.0182. The lowest BCUT2D eigenvalue weighted by atomic mass is 9.55. The van der Waals surface area contributed by atoms with E-state index in [2.05, 4.69) is 69.5 Å². The molecule has 5 heterocycles. The molecule has 2 aromatic heterocycles. The van der Waals surface area contributed by atoms with Crippen molar-refractivity contribution in [2.45, 2.75) is 133 Å². The van der Waals surface area contributed by atoms with E-state index in [0.717, 1.165) is 73.5 Å². The SMILES string of the molecule is CC1C=CC(C(O)CC(=O)CCc2cc3c(cc2O)OC#CC2(CCCC2)C2C#CC(O)c4ccc5c6c4C(c4c[nH]c7cn(cc47)C2O3)C2(CCCC2)CC6CNC5N)C(O)C1. The largest absolute Gasteiger partial charge is 0.508 e. The van der Waals surface area contributed by atoms with Crippen LogP contribution in [0.15, 0.2) is 55.0 Å². The number of aromatic nitrogens is 2. The molecule has 2 spiro atoms. The number of fused-ring (bicyclic) bond motifs is 7. The van der Waals surface area contributed by atoms with E-state index in [9.17, 15) is 25.2 Å². The fourth-order valence-corrected chi connectivity index (χ4v) is 13.0. The summed E-state index contributed by atoms with van der Waals surface area (Å²) in [7, 11) is 0. The second-order valence-corrected chi connectivity index (χ2v) is 20.0. The molecule has 8 N–H and O–H groups in total. The highest BCUT2D eigenvalue weighted by Crippen LogP contribution is 2.64. The summed E-state index contributed by atoms with van der Waals surface area (Å²) in [4.78, 5) is 16.9. The monoisotopic (exact) mass is 850 g/mol. The minimum Gasteiger partial charge on any atom is -0.508 e. The molecule has 0 radical (unpaired) electrons. The van der Waals surface area contributed by atoms with Gasteiger partial charge in [-0.3, -0.25) is 10.1 Å². The molecular weight excluding hydrogens is 793 g/mol. The number of H-pyrrole nitrogens is 1. The predicted molar refractivity (Wildman–Crippen MR) is 237 cm³/mol. The van der Waals surface area contributed by atoms with Crippen molar-refractivity contribution in [1.29, 1.82) is 0 Å². The number of hydrogen-bond donors (Lipinski definition) is 7. The summed E-state index contributed by atoms with van der Waals surface area (Å²) in [5, 5.41) is 50.0. The van der Waals surface area contributed by atoms with Gasteiger partial charge in [-0.15, -0.1) is 0 Å². The quantitative estimate of drug-likeness (QED) is 0.0771. The molecule has 10 atom stereocenters. The Hall–Kier alpha value is -5.01. The van der Waals surface area contributed by atoms with Crippen LogP contribution in [0.5, 0.6) is 17.2 Å². The fraction of sp³-hybridized carbons (Fsp3) is 0.519. The van der Waals surface area contributed by atoms with Crippen molar-refractivity contribution in [2.24, 2.45) is 34.3 Å². The number of rotatable bonds is 6. The van der Waals surface area contributed by atoms with Gasteiger partial charge in [0.15, 0.2) is 17.7 Å². The number of carbonyl (C=O) groups excluding carboxylic acids is 1. The first-order valence-corrected chi connectivity index (χ1v) is 23.3. The van der Waals surface area contributed by atoms with Crippen molar-refractivity contribution < 1.29 is 34.7 Å². The molecule has 2 aromatic carbocycles. The predicted octanol–water partition coefficient (Wildman–Crippen LogP) is 7.40. The van der Waals surface area contributed by atoms with Crippen LogP contribution in [0.1, 0.15) is 148 Å². The van der Waals surface area contributed by atoms with Gasteiger partial charge in [0.1, 0.15) is 23.7 Å². The zero-order valence-electron chi connectivity index (χ0n) is 35.9. The molecule has 0 saturated heterocycles. The highest BCUT2D eigenvalue weighted by Gasteiger charge is 2.53. The van der Waals surface area contributed by atoms with E-state index in [0.29, 0.717) is 23.7 Å². The van der Waals surface area contributed by atoms with Gasteiger partial charge >= 0.3 is 0 Å². The van der Waals surface area contributed by atoms with Gasteiger partial charge in [0, 0.05) is 61.3 Å². The van der Waals surface area contributed by atoms with Gasteiger partial charge in [-0.25, -0.2) is 0 Å². The molecule has 2 saturated carbocycles. The number of Topliss-reactive ketones (excluding diaryl/α,β-unsaturated/α-hetero) is 1. The number of aromatic hydroxyl groups is 1. The number of nitrogens with one attached hydrogen (secondary N) is 2. The number of phenolic OH excluding ortho intramolecular Hbond substituents is 1. The summed E-state index contributed by atoms with van der Waals surface area (Å²) in [5.74, 6) is 10.5. The number of aliphatic hydroxyl groups is 3. The van der Waals surface area contributed by atoms with E-state index >= 15 is 0 Å². The molecule has 11 nitrogen and oxygen atoms in total. The lowest BCUT2D eigenvalue weighted by Gasteiger charge is -2.50. The molecule has 0 amide bonds. The zero-order valence-corrected chi connectivity index (χ0v) is 35.9. The number of allylic oxidation sites excluding steroid dienone is 1. The molecular formula is C52H58N4O7. The third-order valence-corrected chi connectivity index (χ3v) is 16.2. The molecule has 11 heteroatoms. The van der Waals surface area contributed by atoms with Crippen LogP contribution in [0.3, 0.4) is 0 Å². The molecule has 11 rings (SSSR count). The van der Waals surface area contributed by atoms with Crippen LogP contribution in [-0.4, -0.2) is 54.5 Å². The van der Waals surface area contributed by atoms with Crippen molar-refractivity contribution in [3.05, 3.63) is 88.4 Å². The van der Waals surface area contributed by atoms with E-state index in [1.165, 1.54) is 35.6 Å². The molecule has 2 bridgehead atoms. The van der Waals surface area contributed by atoms with Crippen LogP contribution in [0.4, 0.5) is 0 Å². The number of benzene rings is 2. The van der Waals surface area contributed by atoms with Crippen LogP contribution in [-0.2, 0) is 11.2 Å². The second kappa shape index (κ2) is 15.6. The maximum Gasteiger partial charge on any atom is 0.191 e. The van der Waals surface area contributed by atoms with E-state index < -0.39 is 41.8 Å². The average molecular weight is 851 g/mol. The molecule has 7 aliphatic rings. The summed E-state index contributed by atoms with van der Waals surface area (Å²) in [6, 6.07) is 7.41. The number of ketones is 1. The van der Waals surface area contributed by atoms with Gasteiger partial charge in [-0.2, -0.15) is 0 Å². The van der Waals surface area contributed by atoms with Crippen LogP contribution in [0.2, 0.25) is 0 Å². The average Bonchev–Trinajstić information content (AvgIpc) is 4.09. The molecule has 63 heavy (non-hydrogen) atoms. The normalized spacial score (nSPS) is 31.0. The lowest BCUT2D eigenvalue weighted by molar-refractivity contribution is -0.122. The van der Waals surface area contributed by atoms with Gasteiger partial charge in [-0.1, -0.05) is 74.7 Å². The number of nitrogens with zero attached hydrogens (tertiary/aromatic N) is 1. The summed E-state index contributed by atoms with van der Waals surface area (Å²) >= 11 is 0. The Morgan fingerprint density at radius 1 is 1.00 bits per heavy atom. The maximum absolute atomic E-state index is 13.3. The van der Waals surface area contributed by atoms with Gasteiger partial charge in [0.25, 0.3) is 0 Å². The number of carbonyl (C=O) groups is 1. The molecule has 4 aromatic rings. The number of phenols is 1. The Morgan fingerprint density at radius 2 is 1.79 bits per heavy atom. The summed E-state index contributed by atoms with van der Waals surface area (Å²) < 4.78 is 15.4. The highest BCUT2D eigenvalue weighted by atomic mass is 16.5. The number of nitrogens with two attached hydrogens (primary N) is 1. The molecule has 4 aliphatic carbocycles. The van der Waals surface area contributed by atoms with Crippen molar-refractivity contribution in [3.8, 4) is 41.1 Å². The number of aryl methyl sites for hydroxylation is 1. The maximum atomic E-state index is 13.3. The first-order chi connectivity index (χ1) is 30.5. The van der Waals surface area contributed by atoms with Gasteiger partial charge in [0.2, 0.25) is 0 Å². The Bertz CT molecular complexity index is 2630. The van der Waals surface area contributed by atoms with Crippen molar-refractivity contribution in [2.75, 3.05) is 6.54 Å². The van der Waals surface area contributed by atoms with Crippen molar-refractivity contribution in [3.63, 3.8) is 0 Å². The van der Waals surface area contributed by atoms with Crippen molar-refractivity contribution in [1.82, 2.24) is 14.9 Å². The Morgan fingerprint density at radius 3 is 2.60 bits per heavy atom. The number of aromatic amines is 1. The smallest absolute Gasteiger partial charge is 0.191 e. The van der Waals surface area contributed by atoms with Gasteiger partial charge in [0.05, 0.1) is 35.2 Å². The van der Waals surface area contributed by atoms with Crippen LogP contribution in [0, 0.1) is 52.5 Å². The van der Waals surface area contributed by atoms with E-state index in [1.807, 2.05) is 19.1 Å². The molecule has 328 valence electrons. The molecule has 2 fully saturated rings. The standard InChI is InChI=1S/C52H58N4O7/c1-29-6-9-33(42(60)20-29)43(61)22-32(57)8-7-30-21-45-44(23-41(30)59)62-19-18-51(14-2-3-15-51)38-12-13-40(58)34-10-11-35-46-31(25-55-49(35)53)24-52(16-4-5-17-52)48(47(34)46)36-26-54-39-28-56(27-37(36)39)50(38)63-45/h6,9-11,21,23,26-29,31,33,38,40,42-43,48-50,54-55,58-61H,2-5,7-8,14-17,20,22,24-25,53H2,1H3. The summed E-state index contributed by atoms with van der Waals surface area (Å²) in [6.45, 7) is 2.83. The van der Waals surface area contributed by atoms with E-state index in [1.54, 1.807) is 6.07 Å². The number of ether oxygens (including phenoxy) is 2. The number of aliphatic hydroxyl groups excluding tert-OH is 3. The highest BCUT2D eigenvalue weighted by molar-refractivity contribution is 5.85. The Balaban J connectivity index is 1.00. The Kier molecular flexibility index (Phi) is 10.1. The van der Waals surface area contributed by atoms with Crippen LogP contribution in [0.25, 0.3) is 10.9 Å². The van der Waals surface area contributed by atoms with Crippen molar-refractivity contribution >= 4 is 16.7 Å². The summed E-state index contributed by atoms with van der Waals surface area (Å²) in [6.07, 6.45) is 19.4. The molecule has 3 aliphatic heterocycles. The van der Waals surface area contributed by atoms with Crippen LogP contribution >= 0.6 is 0 Å². The first kappa shape index (κ1) is 40.7. The fourth-order valence-electron chi connectivity index (χ4n) is 13.0. The minimum atomic E-state index is -1.07. The topological polar surface area (TPSA) is 175 Å². The zero-order chi connectivity index (χ0) is 43.2. The van der Waals surface area contributed by atoms with E-state index in [4.69, 9.17) is 15.2 Å².